The molecule has 1 N–H and O–H groups in total. The van der Waals surface area contributed by atoms with E-state index in [1.807, 2.05) is 24.3 Å². The molecule has 3 nitrogen and oxygen atoms in total. The van der Waals surface area contributed by atoms with Crippen molar-refractivity contribution in [3.8, 4) is 11.5 Å². The van der Waals surface area contributed by atoms with Gasteiger partial charge in [-0.1, -0.05) is 24.3 Å². The molecule has 19 heavy (non-hydrogen) atoms. The van der Waals surface area contributed by atoms with Gasteiger partial charge in [0, 0.05) is 0 Å². The van der Waals surface area contributed by atoms with Crippen molar-refractivity contribution in [3.05, 3.63) is 53.6 Å². The largest absolute Gasteiger partial charge is 0.497 e. The molecule has 0 radical (unpaired) electrons. The number of nitrogens with one attached hydrogen (secondary N) is 1. The Morgan fingerprint density at radius 3 is 2.47 bits per heavy atom. The Bertz CT molecular complexity index is 578. The molecule has 0 fully saturated rings. The van der Waals surface area contributed by atoms with Crippen LogP contribution in [0.4, 0.5) is 5.69 Å². The van der Waals surface area contributed by atoms with E-state index in [-0.39, 0.29) is 0 Å². The molecule has 0 aliphatic carbocycles. The highest BCUT2D eigenvalue weighted by atomic mass is 16.5. The fourth-order valence-electron chi connectivity index (χ4n) is 2.56. The van der Waals surface area contributed by atoms with Gasteiger partial charge < -0.3 is 14.8 Å². The van der Waals surface area contributed by atoms with E-state index < -0.39 is 0 Å². The number of anilines is 1. The maximum absolute atomic E-state index is 5.40. The normalized spacial score (nSPS) is 16.6. The van der Waals surface area contributed by atoms with Gasteiger partial charge in [-0.2, -0.15) is 0 Å². The van der Waals surface area contributed by atoms with Gasteiger partial charge in [-0.05, 0) is 35.7 Å². The van der Waals surface area contributed by atoms with Crippen LogP contribution >= 0.6 is 0 Å². The first kappa shape index (κ1) is 11.9. The number of hydrogen-bond acceptors (Lipinski definition) is 3. The third-order valence-corrected chi connectivity index (χ3v) is 3.59. The molecule has 1 unspecified atom stereocenters. The van der Waals surface area contributed by atoms with Gasteiger partial charge in [-0.25, -0.2) is 0 Å². The highest BCUT2D eigenvalue weighted by molar-refractivity contribution is 5.67. The first-order valence-electron chi connectivity index (χ1n) is 6.38. The molecule has 3 rings (SSSR count). The summed E-state index contributed by atoms with van der Waals surface area (Å²) in [5.41, 5.74) is 3.69. The van der Waals surface area contributed by atoms with Crippen LogP contribution in [0.2, 0.25) is 0 Å². The summed E-state index contributed by atoms with van der Waals surface area (Å²) in [4.78, 5) is 0. The van der Waals surface area contributed by atoms with Gasteiger partial charge in [0.25, 0.3) is 0 Å². The van der Waals surface area contributed by atoms with Gasteiger partial charge in [0.1, 0.15) is 11.5 Å². The van der Waals surface area contributed by atoms with E-state index in [1.54, 1.807) is 14.2 Å². The van der Waals surface area contributed by atoms with Gasteiger partial charge in [0.2, 0.25) is 0 Å². The summed E-state index contributed by atoms with van der Waals surface area (Å²) in [6.07, 6.45) is 0.985. The highest BCUT2D eigenvalue weighted by Gasteiger charge is 2.24. The molecule has 1 atom stereocenters. The molecular weight excluding hydrogens is 238 g/mol. The van der Waals surface area contributed by atoms with Gasteiger partial charge in [0.05, 0.1) is 25.9 Å². The van der Waals surface area contributed by atoms with Gasteiger partial charge in [-0.15, -0.1) is 0 Å². The number of para-hydroxylation sites is 1. The molecule has 1 aliphatic rings. The summed E-state index contributed by atoms with van der Waals surface area (Å²) in [6.45, 7) is 0. The number of hydrogen-bond donors (Lipinski definition) is 1. The number of benzene rings is 2. The molecule has 0 amide bonds. The van der Waals surface area contributed by atoms with Gasteiger partial charge in [0.15, 0.2) is 0 Å². The van der Waals surface area contributed by atoms with E-state index in [2.05, 4.69) is 23.5 Å². The summed E-state index contributed by atoms with van der Waals surface area (Å²) in [7, 11) is 3.39. The van der Waals surface area contributed by atoms with Crippen molar-refractivity contribution < 1.29 is 9.47 Å². The Labute approximate surface area is 113 Å². The van der Waals surface area contributed by atoms with Crippen LogP contribution in [0.1, 0.15) is 17.2 Å². The Morgan fingerprint density at radius 2 is 1.79 bits per heavy atom. The van der Waals surface area contributed by atoms with Crippen molar-refractivity contribution in [2.45, 2.75) is 12.5 Å². The topological polar surface area (TPSA) is 30.5 Å². The van der Waals surface area contributed by atoms with Crippen LogP contribution in [0, 0.1) is 0 Å². The molecule has 2 aromatic carbocycles. The van der Waals surface area contributed by atoms with Crippen molar-refractivity contribution in [2.24, 2.45) is 0 Å². The Kier molecular flexibility index (Phi) is 3.03. The minimum absolute atomic E-state index is 0.303. The van der Waals surface area contributed by atoms with E-state index >= 15 is 0 Å². The van der Waals surface area contributed by atoms with Crippen molar-refractivity contribution in [1.82, 2.24) is 0 Å². The number of rotatable bonds is 3. The molecule has 0 saturated heterocycles. The lowest BCUT2D eigenvalue weighted by Gasteiger charge is -2.13. The Balaban J connectivity index is 1.86. The predicted octanol–water partition coefficient (Wildman–Crippen LogP) is 3.41. The van der Waals surface area contributed by atoms with E-state index in [1.165, 1.54) is 11.1 Å². The van der Waals surface area contributed by atoms with Crippen molar-refractivity contribution in [3.63, 3.8) is 0 Å². The summed E-state index contributed by atoms with van der Waals surface area (Å²) < 4.78 is 10.6. The standard InChI is InChI=1S/C16H17NO2/c1-18-13-8-6-11(7-9-13)14-10-12-4-3-5-15(19-2)16(12)17-14/h3-9,14,17H,10H2,1-2H3. The number of ether oxygens (including phenoxy) is 2. The van der Waals surface area contributed by atoms with Crippen molar-refractivity contribution >= 4 is 5.69 Å². The van der Waals surface area contributed by atoms with Crippen molar-refractivity contribution in [2.75, 3.05) is 19.5 Å². The zero-order valence-corrected chi connectivity index (χ0v) is 11.1. The lowest BCUT2D eigenvalue weighted by molar-refractivity contribution is 0.414. The second-order valence-corrected chi connectivity index (χ2v) is 4.67. The third-order valence-electron chi connectivity index (χ3n) is 3.59. The van der Waals surface area contributed by atoms with Gasteiger partial charge >= 0.3 is 0 Å². The molecule has 3 heteroatoms. The maximum Gasteiger partial charge on any atom is 0.142 e. The molecule has 2 aromatic rings. The molecular formula is C16H17NO2. The first-order valence-corrected chi connectivity index (χ1v) is 6.38. The second kappa shape index (κ2) is 4.84. The van der Waals surface area contributed by atoms with Gasteiger partial charge in [-0.3, -0.25) is 0 Å². The second-order valence-electron chi connectivity index (χ2n) is 4.67. The Morgan fingerprint density at radius 1 is 1.00 bits per heavy atom. The molecule has 0 saturated carbocycles. The summed E-state index contributed by atoms with van der Waals surface area (Å²) in [6, 6.07) is 14.7. The summed E-state index contributed by atoms with van der Waals surface area (Å²) in [5, 5.41) is 3.54. The minimum Gasteiger partial charge on any atom is -0.497 e. The SMILES string of the molecule is COc1ccc(C2Cc3cccc(OC)c3N2)cc1. The number of methoxy groups -OCH3 is 2. The fourth-order valence-corrected chi connectivity index (χ4v) is 2.56. The van der Waals surface area contributed by atoms with Crippen LogP contribution in [0.3, 0.4) is 0 Å². The van der Waals surface area contributed by atoms with Crippen LogP contribution in [-0.4, -0.2) is 14.2 Å². The lowest BCUT2D eigenvalue weighted by atomic mass is 10.0. The lowest BCUT2D eigenvalue weighted by Crippen LogP contribution is -2.05. The molecule has 1 heterocycles. The van der Waals surface area contributed by atoms with E-state index in [0.717, 1.165) is 23.6 Å². The first-order chi connectivity index (χ1) is 9.31. The van der Waals surface area contributed by atoms with Crippen molar-refractivity contribution in [1.29, 1.82) is 0 Å². The average molecular weight is 255 g/mol. The fraction of sp³-hybridized carbons (Fsp3) is 0.250. The van der Waals surface area contributed by atoms with Crippen LogP contribution in [0.25, 0.3) is 0 Å². The number of fused-ring (bicyclic) bond motifs is 1. The molecule has 1 aliphatic heterocycles. The van der Waals surface area contributed by atoms with E-state index in [9.17, 15) is 0 Å². The molecule has 0 spiro atoms. The third kappa shape index (κ3) is 2.12. The molecule has 0 bridgehead atoms. The molecule has 98 valence electrons. The van der Waals surface area contributed by atoms with E-state index in [0.29, 0.717) is 6.04 Å². The van der Waals surface area contributed by atoms with E-state index in [4.69, 9.17) is 9.47 Å². The van der Waals surface area contributed by atoms with Crippen LogP contribution < -0.4 is 14.8 Å². The predicted molar refractivity (Wildman–Crippen MR) is 76.1 cm³/mol. The zero-order chi connectivity index (χ0) is 13.2. The monoisotopic (exact) mass is 255 g/mol. The zero-order valence-electron chi connectivity index (χ0n) is 11.1. The quantitative estimate of drug-likeness (QED) is 0.911. The van der Waals surface area contributed by atoms with Crippen LogP contribution in [-0.2, 0) is 6.42 Å². The summed E-state index contributed by atoms with van der Waals surface area (Å²) in [5.74, 6) is 1.80. The maximum atomic E-state index is 5.40. The van der Waals surface area contributed by atoms with Crippen LogP contribution in [0.15, 0.2) is 42.5 Å². The smallest absolute Gasteiger partial charge is 0.142 e. The molecule has 0 aromatic heterocycles. The van der Waals surface area contributed by atoms with Crippen LogP contribution in [0.5, 0.6) is 11.5 Å². The Hall–Kier alpha value is -2.16. The average Bonchev–Trinajstić information content (AvgIpc) is 2.91. The summed E-state index contributed by atoms with van der Waals surface area (Å²) >= 11 is 0. The highest BCUT2D eigenvalue weighted by Crippen LogP contribution is 2.40. The minimum atomic E-state index is 0.303.